The summed E-state index contributed by atoms with van der Waals surface area (Å²) in [5, 5.41) is 13.6. The molecule has 160 valence electrons. The van der Waals surface area contributed by atoms with Crippen molar-refractivity contribution < 1.29 is 13.3 Å². The van der Waals surface area contributed by atoms with Crippen LogP contribution >= 0.6 is 11.8 Å². The highest BCUT2D eigenvalue weighted by Crippen LogP contribution is 2.29. The minimum absolute atomic E-state index is 0.312. The molecular formula is C23H18FN5O2S. The van der Waals surface area contributed by atoms with E-state index < -0.39 is 0 Å². The standard InChI is InChI=1S/C23H18FN5O2S/c1-15-5-2-3-7-19(15)22-26-27-23(29(22)13-18-6-4-12-30-18)32-14-20-25-21(28-31-20)16-8-10-17(24)11-9-16/h2-12H,13-14H2,1H3. The van der Waals surface area contributed by atoms with Crippen molar-refractivity contribution in [3.8, 4) is 22.8 Å². The number of hydrogen-bond acceptors (Lipinski definition) is 7. The summed E-state index contributed by atoms with van der Waals surface area (Å²) in [5.41, 5.74) is 2.81. The van der Waals surface area contributed by atoms with Gasteiger partial charge in [0.05, 0.1) is 18.6 Å². The van der Waals surface area contributed by atoms with Gasteiger partial charge in [0.25, 0.3) is 0 Å². The fraction of sp³-hybridized carbons (Fsp3) is 0.130. The van der Waals surface area contributed by atoms with E-state index in [2.05, 4.69) is 20.3 Å². The van der Waals surface area contributed by atoms with Crippen LogP contribution in [0.25, 0.3) is 22.8 Å². The van der Waals surface area contributed by atoms with Crippen LogP contribution in [0.15, 0.2) is 81.0 Å². The Morgan fingerprint density at radius 2 is 1.84 bits per heavy atom. The van der Waals surface area contributed by atoms with Crippen LogP contribution in [0.2, 0.25) is 0 Å². The highest BCUT2D eigenvalue weighted by atomic mass is 32.2. The molecule has 0 N–H and O–H groups in total. The zero-order chi connectivity index (χ0) is 21.9. The van der Waals surface area contributed by atoms with Gasteiger partial charge in [-0.3, -0.25) is 4.57 Å². The molecule has 0 saturated carbocycles. The Morgan fingerprint density at radius 3 is 2.62 bits per heavy atom. The molecule has 0 spiro atoms. The van der Waals surface area contributed by atoms with Crippen LogP contribution in [0.5, 0.6) is 0 Å². The van der Waals surface area contributed by atoms with Gasteiger partial charge in [0, 0.05) is 11.1 Å². The summed E-state index contributed by atoms with van der Waals surface area (Å²) in [6, 6.07) is 17.8. The van der Waals surface area contributed by atoms with Crippen molar-refractivity contribution in [1.29, 1.82) is 0 Å². The first kappa shape index (κ1) is 20.2. The number of thioether (sulfide) groups is 1. The van der Waals surface area contributed by atoms with E-state index in [-0.39, 0.29) is 5.82 Å². The third kappa shape index (κ3) is 4.19. The molecule has 3 heterocycles. The molecule has 0 bridgehead atoms. The van der Waals surface area contributed by atoms with Crippen LogP contribution < -0.4 is 0 Å². The molecule has 5 aromatic rings. The topological polar surface area (TPSA) is 82.8 Å². The maximum atomic E-state index is 13.1. The molecule has 0 aliphatic rings. The van der Waals surface area contributed by atoms with Crippen LogP contribution in [0.1, 0.15) is 17.2 Å². The van der Waals surface area contributed by atoms with Crippen molar-refractivity contribution in [2.75, 3.05) is 0 Å². The summed E-state index contributed by atoms with van der Waals surface area (Å²) in [5.74, 6) is 2.53. The summed E-state index contributed by atoms with van der Waals surface area (Å²) >= 11 is 1.45. The molecular weight excluding hydrogens is 429 g/mol. The predicted molar refractivity (Wildman–Crippen MR) is 117 cm³/mol. The molecule has 0 unspecified atom stereocenters. The van der Waals surface area contributed by atoms with E-state index in [1.807, 2.05) is 47.9 Å². The van der Waals surface area contributed by atoms with Gasteiger partial charge in [-0.2, -0.15) is 4.98 Å². The van der Waals surface area contributed by atoms with Gasteiger partial charge in [0.1, 0.15) is 11.6 Å². The SMILES string of the molecule is Cc1ccccc1-c1nnc(SCc2nc(-c3ccc(F)cc3)no2)n1Cc1ccco1. The molecule has 5 rings (SSSR count). The Labute approximate surface area is 187 Å². The van der Waals surface area contributed by atoms with Gasteiger partial charge in [-0.15, -0.1) is 10.2 Å². The highest BCUT2D eigenvalue weighted by molar-refractivity contribution is 7.98. The molecule has 0 radical (unpaired) electrons. The number of furan rings is 1. The van der Waals surface area contributed by atoms with Gasteiger partial charge < -0.3 is 8.94 Å². The van der Waals surface area contributed by atoms with Gasteiger partial charge in [-0.1, -0.05) is 41.2 Å². The largest absolute Gasteiger partial charge is 0.467 e. The summed E-state index contributed by atoms with van der Waals surface area (Å²) in [6.45, 7) is 2.54. The van der Waals surface area contributed by atoms with Crippen LogP contribution in [0, 0.1) is 12.7 Å². The van der Waals surface area contributed by atoms with Gasteiger partial charge in [-0.05, 0) is 48.9 Å². The van der Waals surface area contributed by atoms with Crippen molar-refractivity contribution in [3.05, 3.63) is 90.0 Å². The van der Waals surface area contributed by atoms with E-state index >= 15 is 0 Å². The van der Waals surface area contributed by atoms with Crippen LogP contribution in [-0.4, -0.2) is 24.9 Å². The minimum atomic E-state index is -0.312. The lowest BCUT2D eigenvalue weighted by molar-refractivity contribution is 0.391. The fourth-order valence-corrected chi connectivity index (χ4v) is 4.05. The lowest BCUT2D eigenvalue weighted by Gasteiger charge is -2.10. The zero-order valence-electron chi connectivity index (χ0n) is 17.1. The first-order valence-electron chi connectivity index (χ1n) is 9.90. The molecule has 7 nitrogen and oxygen atoms in total. The molecule has 9 heteroatoms. The second kappa shape index (κ2) is 8.80. The Morgan fingerprint density at radius 1 is 1.00 bits per heavy atom. The highest BCUT2D eigenvalue weighted by Gasteiger charge is 2.18. The second-order valence-corrected chi connectivity index (χ2v) is 8.04. The summed E-state index contributed by atoms with van der Waals surface area (Å²) in [6.07, 6.45) is 1.65. The number of hydrogen-bond donors (Lipinski definition) is 0. The predicted octanol–water partition coefficient (Wildman–Crippen LogP) is 5.38. The molecule has 2 aromatic carbocycles. The quantitative estimate of drug-likeness (QED) is 0.310. The van der Waals surface area contributed by atoms with Gasteiger partial charge in [-0.25, -0.2) is 4.39 Å². The summed E-state index contributed by atoms with van der Waals surface area (Å²) < 4.78 is 26.1. The van der Waals surface area contributed by atoms with E-state index in [4.69, 9.17) is 8.94 Å². The Balaban J connectivity index is 1.40. The second-order valence-electron chi connectivity index (χ2n) is 7.09. The number of benzene rings is 2. The smallest absolute Gasteiger partial charge is 0.237 e. The van der Waals surface area contributed by atoms with Crippen molar-refractivity contribution in [1.82, 2.24) is 24.9 Å². The average Bonchev–Trinajstić information content (AvgIpc) is 3.56. The maximum Gasteiger partial charge on any atom is 0.237 e. The van der Waals surface area contributed by atoms with Gasteiger partial charge in [0.2, 0.25) is 11.7 Å². The molecule has 0 fully saturated rings. The third-order valence-corrected chi connectivity index (χ3v) is 5.84. The lowest BCUT2D eigenvalue weighted by Crippen LogP contribution is -2.04. The lowest BCUT2D eigenvalue weighted by atomic mass is 10.1. The Hall–Kier alpha value is -3.72. The fourth-order valence-electron chi connectivity index (χ4n) is 3.28. The minimum Gasteiger partial charge on any atom is -0.467 e. The molecule has 0 amide bonds. The number of aromatic nitrogens is 5. The van der Waals surface area contributed by atoms with E-state index in [0.717, 1.165) is 22.7 Å². The monoisotopic (exact) mass is 447 g/mol. The van der Waals surface area contributed by atoms with Crippen molar-refractivity contribution >= 4 is 11.8 Å². The molecule has 32 heavy (non-hydrogen) atoms. The van der Waals surface area contributed by atoms with E-state index in [0.29, 0.717) is 34.7 Å². The summed E-state index contributed by atoms with van der Waals surface area (Å²) in [7, 11) is 0. The van der Waals surface area contributed by atoms with E-state index in [1.165, 1.54) is 23.9 Å². The molecule has 0 aliphatic heterocycles. The van der Waals surface area contributed by atoms with Crippen molar-refractivity contribution in [3.63, 3.8) is 0 Å². The normalized spacial score (nSPS) is 11.2. The Bertz CT molecular complexity index is 1330. The zero-order valence-corrected chi connectivity index (χ0v) is 17.9. The van der Waals surface area contributed by atoms with Gasteiger partial charge >= 0.3 is 0 Å². The first-order chi connectivity index (χ1) is 15.7. The number of aryl methyl sites for hydroxylation is 1. The van der Waals surface area contributed by atoms with Gasteiger partial charge in [0.15, 0.2) is 11.0 Å². The van der Waals surface area contributed by atoms with Crippen molar-refractivity contribution in [2.24, 2.45) is 0 Å². The number of halogens is 1. The molecule has 0 atom stereocenters. The number of nitrogens with zero attached hydrogens (tertiary/aromatic N) is 5. The summed E-state index contributed by atoms with van der Waals surface area (Å²) in [4.78, 5) is 4.41. The van der Waals surface area contributed by atoms with Crippen LogP contribution in [-0.2, 0) is 12.3 Å². The van der Waals surface area contributed by atoms with Crippen LogP contribution in [0.3, 0.4) is 0 Å². The third-order valence-electron chi connectivity index (χ3n) is 4.89. The average molecular weight is 447 g/mol. The van der Waals surface area contributed by atoms with Crippen LogP contribution in [0.4, 0.5) is 4.39 Å². The first-order valence-corrected chi connectivity index (χ1v) is 10.9. The maximum absolute atomic E-state index is 13.1. The van der Waals surface area contributed by atoms with E-state index in [9.17, 15) is 4.39 Å². The number of rotatable bonds is 7. The Kier molecular flexibility index (Phi) is 5.55. The molecule has 0 aliphatic carbocycles. The molecule has 0 saturated heterocycles. The van der Waals surface area contributed by atoms with Crippen molar-refractivity contribution in [2.45, 2.75) is 24.4 Å². The van der Waals surface area contributed by atoms with E-state index in [1.54, 1.807) is 18.4 Å². The molecule has 3 aromatic heterocycles.